The molecule has 2 aromatic carbocycles. The van der Waals surface area contributed by atoms with Crippen molar-refractivity contribution >= 4 is 65.1 Å². The van der Waals surface area contributed by atoms with Crippen LogP contribution in [-0.2, 0) is 10.4 Å². The third-order valence-electron chi connectivity index (χ3n) is 3.06. The summed E-state index contributed by atoms with van der Waals surface area (Å²) in [5, 5.41) is 0. The molecule has 0 saturated carbocycles. The molecule has 28 heavy (non-hydrogen) atoms. The first-order valence-electron chi connectivity index (χ1n) is 7.21. The molecular formula is C16H12N4O5S3. The Kier molecular flexibility index (Phi) is 7.10. The van der Waals surface area contributed by atoms with Crippen molar-refractivity contribution < 1.29 is 22.3 Å². The Labute approximate surface area is 167 Å². The number of nitrogens with zero attached hydrogens (tertiary/aromatic N) is 3. The first kappa shape index (κ1) is 21.4. The molecule has 4 N–H and O–H groups in total. The zero-order valence-corrected chi connectivity index (χ0v) is 16.3. The topological polar surface area (TPSA) is 148 Å². The molecular weight excluding hydrogens is 424 g/mol. The summed E-state index contributed by atoms with van der Waals surface area (Å²) in [6.45, 7) is 6.77. The molecule has 4 aromatic rings. The van der Waals surface area contributed by atoms with Gasteiger partial charge in [0.1, 0.15) is 0 Å². The quantitative estimate of drug-likeness (QED) is 0.305. The average molecular weight is 436 g/mol. The number of thiazole rings is 2. The minimum Gasteiger partial charge on any atom is -0.366 e. The van der Waals surface area contributed by atoms with Crippen molar-refractivity contribution in [3.8, 4) is 0 Å². The highest BCUT2D eigenvalue weighted by atomic mass is 32.3. The van der Waals surface area contributed by atoms with Crippen LogP contribution < -0.4 is 5.73 Å². The maximum absolute atomic E-state index is 10.8. The average Bonchev–Trinajstić information content (AvgIpc) is 3.28. The van der Waals surface area contributed by atoms with E-state index in [1.807, 2.05) is 18.2 Å². The van der Waals surface area contributed by atoms with E-state index in [-0.39, 0.29) is 0 Å². The lowest BCUT2D eigenvalue weighted by molar-refractivity contribution is 0.100. The summed E-state index contributed by atoms with van der Waals surface area (Å²) in [5.41, 5.74) is 11.6. The zero-order valence-electron chi connectivity index (χ0n) is 13.9. The van der Waals surface area contributed by atoms with Gasteiger partial charge < -0.3 is 5.73 Å². The lowest BCUT2D eigenvalue weighted by Gasteiger charge is -1.92. The number of hydrogen-bond acceptors (Lipinski definition) is 7. The van der Waals surface area contributed by atoms with Gasteiger partial charge in [-0.05, 0) is 24.3 Å². The van der Waals surface area contributed by atoms with E-state index in [2.05, 4.69) is 14.8 Å². The van der Waals surface area contributed by atoms with Gasteiger partial charge in [-0.2, -0.15) is 8.42 Å². The summed E-state index contributed by atoms with van der Waals surface area (Å²) < 4.78 is 33.8. The zero-order chi connectivity index (χ0) is 20.7. The summed E-state index contributed by atoms with van der Waals surface area (Å²) >= 11 is 3.14. The minimum atomic E-state index is -4.67. The third-order valence-corrected chi connectivity index (χ3v) is 4.68. The van der Waals surface area contributed by atoms with E-state index in [4.69, 9.17) is 29.8 Å². The van der Waals surface area contributed by atoms with Crippen LogP contribution in [0.15, 0.2) is 47.4 Å². The van der Waals surface area contributed by atoms with Gasteiger partial charge in [0.15, 0.2) is 5.69 Å². The Morgan fingerprint density at radius 1 is 1.00 bits per heavy atom. The van der Waals surface area contributed by atoms with Crippen LogP contribution >= 0.6 is 22.7 Å². The van der Waals surface area contributed by atoms with E-state index < -0.39 is 16.3 Å². The number of primary amides is 1. The second-order valence-electron chi connectivity index (χ2n) is 4.96. The molecule has 9 nitrogen and oxygen atoms in total. The van der Waals surface area contributed by atoms with Gasteiger partial charge in [0.25, 0.3) is 0 Å². The first-order chi connectivity index (χ1) is 13.2. The summed E-state index contributed by atoms with van der Waals surface area (Å²) in [4.78, 5) is 22.3. The van der Waals surface area contributed by atoms with Gasteiger partial charge in [0, 0.05) is 5.56 Å². The second-order valence-corrected chi connectivity index (χ2v) is 7.63. The van der Waals surface area contributed by atoms with E-state index in [0.29, 0.717) is 11.3 Å². The maximum Gasteiger partial charge on any atom is 0.394 e. The van der Waals surface area contributed by atoms with Crippen LogP contribution in [0.3, 0.4) is 0 Å². The molecule has 1 amide bonds. The Balaban J connectivity index is 0.000000164. The lowest BCUT2D eigenvalue weighted by atomic mass is 10.2. The molecule has 4 rings (SSSR count). The molecule has 0 bridgehead atoms. The van der Waals surface area contributed by atoms with Crippen molar-refractivity contribution in [1.29, 1.82) is 0 Å². The molecule has 0 aliphatic heterocycles. The highest BCUT2D eigenvalue weighted by molar-refractivity contribution is 7.79. The summed E-state index contributed by atoms with van der Waals surface area (Å²) in [5.74, 6) is -0.412. The van der Waals surface area contributed by atoms with Crippen LogP contribution in [0.5, 0.6) is 0 Å². The number of hydrogen-bond donors (Lipinski definition) is 3. The maximum atomic E-state index is 10.8. The normalized spacial score (nSPS) is 10.3. The minimum absolute atomic E-state index is 0.412. The number of carbonyl (C=O) groups is 1. The second kappa shape index (κ2) is 9.31. The third kappa shape index (κ3) is 6.65. The fourth-order valence-electron chi connectivity index (χ4n) is 1.93. The van der Waals surface area contributed by atoms with E-state index in [9.17, 15) is 4.79 Å². The van der Waals surface area contributed by atoms with Crippen LogP contribution in [-0.4, -0.2) is 33.4 Å². The van der Waals surface area contributed by atoms with Crippen molar-refractivity contribution in [1.82, 2.24) is 9.97 Å². The Morgan fingerprint density at radius 2 is 1.50 bits per heavy atom. The SMILES string of the molecule is NC(=O)c1ccc2scnc2c1.O=S(=O)(O)O.[C-]#[N+]c1ccc2scnc2c1. The molecule has 0 atom stereocenters. The van der Waals surface area contributed by atoms with E-state index in [1.165, 1.54) is 0 Å². The van der Waals surface area contributed by atoms with E-state index in [1.54, 1.807) is 51.9 Å². The van der Waals surface area contributed by atoms with Crippen molar-refractivity contribution in [2.75, 3.05) is 0 Å². The molecule has 0 aliphatic carbocycles. The fourth-order valence-corrected chi connectivity index (χ4v) is 3.24. The Morgan fingerprint density at radius 3 is 2.00 bits per heavy atom. The fraction of sp³-hybridized carbons (Fsp3) is 0. The van der Waals surface area contributed by atoms with Gasteiger partial charge in [-0.1, -0.05) is 12.1 Å². The number of aromatic nitrogens is 2. The van der Waals surface area contributed by atoms with Crippen molar-refractivity contribution in [3.63, 3.8) is 0 Å². The van der Waals surface area contributed by atoms with E-state index in [0.717, 1.165) is 20.4 Å². The number of amides is 1. The molecule has 0 aliphatic rings. The largest absolute Gasteiger partial charge is 0.394 e. The Bertz CT molecular complexity index is 1250. The monoisotopic (exact) mass is 436 g/mol. The van der Waals surface area contributed by atoms with E-state index >= 15 is 0 Å². The molecule has 12 heteroatoms. The molecule has 2 heterocycles. The Hall–Kier alpha value is -2.95. The molecule has 2 aromatic heterocycles. The number of fused-ring (bicyclic) bond motifs is 2. The van der Waals surface area contributed by atoms with Crippen molar-refractivity contribution in [2.45, 2.75) is 0 Å². The summed E-state index contributed by atoms with van der Waals surface area (Å²) in [6, 6.07) is 10.8. The van der Waals surface area contributed by atoms with Crippen molar-refractivity contribution in [2.24, 2.45) is 5.73 Å². The molecule has 144 valence electrons. The highest BCUT2D eigenvalue weighted by Gasteiger charge is 2.02. The number of rotatable bonds is 1. The molecule has 0 fully saturated rings. The van der Waals surface area contributed by atoms with Gasteiger partial charge in [0.05, 0.1) is 38.0 Å². The predicted octanol–water partition coefficient (Wildman–Crippen LogP) is 3.59. The van der Waals surface area contributed by atoms with Crippen LogP contribution in [0.4, 0.5) is 5.69 Å². The van der Waals surface area contributed by atoms with Gasteiger partial charge in [-0.15, -0.1) is 22.7 Å². The highest BCUT2D eigenvalue weighted by Crippen LogP contribution is 2.22. The summed E-state index contributed by atoms with van der Waals surface area (Å²) in [7, 11) is -4.67. The van der Waals surface area contributed by atoms with Gasteiger partial charge in [-0.25, -0.2) is 14.8 Å². The number of nitrogens with two attached hydrogens (primary N) is 1. The van der Waals surface area contributed by atoms with Crippen LogP contribution in [0.2, 0.25) is 0 Å². The van der Waals surface area contributed by atoms with Crippen LogP contribution in [0.1, 0.15) is 10.4 Å². The lowest BCUT2D eigenvalue weighted by Crippen LogP contribution is -2.10. The smallest absolute Gasteiger partial charge is 0.366 e. The van der Waals surface area contributed by atoms with Crippen LogP contribution in [0, 0.1) is 6.57 Å². The standard InChI is InChI=1S/C8H6N2OS.C8H4N2S.H2O4S/c9-8(11)5-1-2-7-6(3-5)10-4-12-7;1-9-6-2-3-8-7(4-6)10-5-11-8;1-5(2,3)4/h1-4H,(H2,9,11);2-5H;(H2,1,2,3,4). The first-order valence-corrected chi connectivity index (χ1v) is 10.4. The predicted molar refractivity (Wildman–Crippen MR) is 108 cm³/mol. The summed E-state index contributed by atoms with van der Waals surface area (Å²) in [6.07, 6.45) is 0. The number of benzene rings is 2. The van der Waals surface area contributed by atoms with Gasteiger partial charge >= 0.3 is 10.4 Å². The van der Waals surface area contributed by atoms with Gasteiger partial charge in [-0.3, -0.25) is 13.9 Å². The number of carbonyl (C=O) groups excluding carboxylic acids is 1. The molecule has 0 spiro atoms. The molecule has 0 radical (unpaired) electrons. The molecule has 0 saturated heterocycles. The van der Waals surface area contributed by atoms with Gasteiger partial charge in [0.2, 0.25) is 5.91 Å². The van der Waals surface area contributed by atoms with Crippen molar-refractivity contribution in [3.05, 3.63) is 64.4 Å². The molecule has 0 unspecified atom stereocenters. The van der Waals surface area contributed by atoms with Crippen LogP contribution in [0.25, 0.3) is 25.3 Å².